The predicted molar refractivity (Wildman–Crippen MR) is 82.1 cm³/mol. The number of hydrogen-bond acceptors (Lipinski definition) is 2. The molecule has 3 nitrogen and oxygen atoms in total. The Kier molecular flexibility index (Phi) is 6.40. The summed E-state index contributed by atoms with van der Waals surface area (Å²) in [6.45, 7) is 0. The molecule has 0 amide bonds. The van der Waals surface area contributed by atoms with E-state index in [9.17, 15) is 4.79 Å². The fourth-order valence-electron chi connectivity index (χ4n) is 1.69. The van der Waals surface area contributed by atoms with Gasteiger partial charge in [0, 0.05) is 42.5 Å². The van der Waals surface area contributed by atoms with E-state index in [4.69, 9.17) is 11.6 Å². The van der Waals surface area contributed by atoms with Gasteiger partial charge in [0.15, 0.2) is 24.4 Å². The van der Waals surface area contributed by atoms with Crippen LogP contribution in [0.25, 0.3) is 6.20 Å². The Hall–Kier alpha value is -1.84. The van der Waals surface area contributed by atoms with E-state index < -0.39 is 0 Å². The number of carbonyl (C=O) groups is 1. The molecule has 0 aliphatic rings. The number of carbonyl (C=O) groups excluding carboxylic acids is 1. The fourth-order valence-corrected chi connectivity index (χ4v) is 1.82. The Balaban J connectivity index is 0.00000220. The van der Waals surface area contributed by atoms with Crippen LogP contribution in [0.5, 0.6) is 0 Å². The molecular formula is C16H16Cl2N2O. The second-order valence-electron chi connectivity index (χ2n) is 4.58. The molecule has 0 fully saturated rings. The number of anilines is 1. The van der Waals surface area contributed by atoms with Crippen molar-refractivity contribution < 1.29 is 21.8 Å². The summed E-state index contributed by atoms with van der Waals surface area (Å²) in [5.74, 6) is -0.0501. The first-order valence-corrected chi connectivity index (χ1v) is 6.60. The molecule has 0 saturated carbocycles. The van der Waals surface area contributed by atoms with Crippen molar-refractivity contribution in [3.8, 4) is 0 Å². The first-order valence-electron chi connectivity index (χ1n) is 6.22. The van der Waals surface area contributed by atoms with Gasteiger partial charge in [-0.1, -0.05) is 11.6 Å². The van der Waals surface area contributed by atoms with Crippen LogP contribution in [0.2, 0.25) is 5.02 Å². The van der Waals surface area contributed by atoms with Crippen molar-refractivity contribution in [3.05, 3.63) is 65.5 Å². The van der Waals surface area contributed by atoms with Crippen molar-refractivity contribution >= 4 is 29.3 Å². The number of halogens is 2. The third-order valence-corrected chi connectivity index (χ3v) is 3.13. The molecule has 0 bridgehead atoms. The monoisotopic (exact) mass is 322 g/mol. The van der Waals surface area contributed by atoms with Crippen LogP contribution in [0.4, 0.5) is 5.69 Å². The fraction of sp³-hybridized carbons (Fsp3) is 0.125. The number of hydrogen-bond donors (Lipinski definition) is 0. The summed E-state index contributed by atoms with van der Waals surface area (Å²) in [6, 6.07) is 10.8. The van der Waals surface area contributed by atoms with Crippen molar-refractivity contribution in [1.82, 2.24) is 0 Å². The molecule has 1 aromatic heterocycles. The average molecular weight is 323 g/mol. The van der Waals surface area contributed by atoms with E-state index in [0.29, 0.717) is 10.6 Å². The van der Waals surface area contributed by atoms with Gasteiger partial charge in [0.05, 0.1) is 6.08 Å². The number of benzene rings is 1. The number of pyridine rings is 1. The van der Waals surface area contributed by atoms with Crippen LogP contribution < -0.4 is 21.9 Å². The number of allylic oxidation sites excluding steroid dienone is 1. The zero-order valence-electron chi connectivity index (χ0n) is 11.8. The summed E-state index contributed by atoms with van der Waals surface area (Å²) in [5.41, 5.74) is 1.73. The largest absolute Gasteiger partial charge is 1.00 e. The molecule has 0 atom stereocenters. The third kappa shape index (κ3) is 4.88. The van der Waals surface area contributed by atoms with Gasteiger partial charge in [-0.05, 0) is 24.3 Å². The van der Waals surface area contributed by atoms with Crippen LogP contribution in [-0.2, 0) is 0 Å². The highest BCUT2D eigenvalue weighted by Crippen LogP contribution is 2.10. The van der Waals surface area contributed by atoms with Gasteiger partial charge in [-0.15, -0.1) is 0 Å². The zero-order chi connectivity index (χ0) is 14.5. The van der Waals surface area contributed by atoms with E-state index in [1.54, 1.807) is 36.5 Å². The second kappa shape index (κ2) is 7.81. The Bertz CT molecular complexity index is 620. The average Bonchev–Trinajstić information content (AvgIpc) is 2.46. The lowest BCUT2D eigenvalue weighted by Gasteiger charge is -2.09. The lowest BCUT2D eigenvalue weighted by atomic mass is 10.1. The molecule has 0 saturated heterocycles. The molecule has 110 valence electrons. The minimum absolute atomic E-state index is 0. The standard InChI is InChI=1S/C16H16ClN2O.ClH/c1-18(2)15-7-10-19(11-8-15)12-9-16(20)13-3-5-14(17)6-4-13;/h3-12H,1-2H3;1H/q+1;/p-1. The molecule has 0 aliphatic heterocycles. The summed E-state index contributed by atoms with van der Waals surface area (Å²) in [6.07, 6.45) is 7.08. The van der Waals surface area contributed by atoms with Gasteiger partial charge >= 0.3 is 0 Å². The van der Waals surface area contributed by atoms with Gasteiger partial charge < -0.3 is 17.3 Å². The van der Waals surface area contributed by atoms with E-state index >= 15 is 0 Å². The highest BCUT2D eigenvalue weighted by molar-refractivity contribution is 6.30. The normalized spacial score (nSPS) is 10.2. The Labute approximate surface area is 135 Å². The smallest absolute Gasteiger partial charge is 0.191 e. The molecule has 2 aromatic rings. The van der Waals surface area contributed by atoms with Gasteiger partial charge in [-0.3, -0.25) is 4.79 Å². The Morgan fingerprint density at radius 2 is 1.67 bits per heavy atom. The van der Waals surface area contributed by atoms with E-state index in [1.807, 2.05) is 48.1 Å². The van der Waals surface area contributed by atoms with Crippen LogP contribution in [0.1, 0.15) is 10.4 Å². The first kappa shape index (κ1) is 17.2. The predicted octanol–water partition coefficient (Wildman–Crippen LogP) is 0.0511. The lowest BCUT2D eigenvalue weighted by Crippen LogP contribution is -3.00. The molecule has 0 N–H and O–H groups in total. The molecular weight excluding hydrogens is 307 g/mol. The molecule has 0 spiro atoms. The molecule has 0 radical (unpaired) electrons. The first-order chi connectivity index (χ1) is 9.56. The van der Waals surface area contributed by atoms with Crippen molar-refractivity contribution in [1.29, 1.82) is 0 Å². The van der Waals surface area contributed by atoms with Crippen LogP contribution >= 0.6 is 11.6 Å². The quantitative estimate of drug-likeness (QED) is 0.451. The van der Waals surface area contributed by atoms with Crippen molar-refractivity contribution in [2.75, 3.05) is 19.0 Å². The highest BCUT2D eigenvalue weighted by atomic mass is 35.5. The Morgan fingerprint density at radius 1 is 1.10 bits per heavy atom. The summed E-state index contributed by atoms with van der Waals surface area (Å²) >= 11 is 5.79. The maximum Gasteiger partial charge on any atom is 0.191 e. The summed E-state index contributed by atoms with van der Waals surface area (Å²) in [7, 11) is 3.97. The molecule has 1 aromatic carbocycles. The molecule has 0 aliphatic carbocycles. The molecule has 21 heavy (non-hydrogen) atoms. The summed E-state index contributed by atoms with van der Waals surface area (Å²) < 4.78 is 1.83. The third-order valence-electron chi connectivity index (χ3n) is 2.88. The van der Waals surface area contributed by atoms with Gasteiger partial charge in [-0.2, -0.15) is 4.57 Å². The maximum atomic E-state index is 12.0. The van der Waals surface area contributed by atoms with Crippen molar-refractivity contribution in [2.24, 2.45) is 0 Å². The minimum Gasteiger partial charge on any atom is -1.00 e. The topological polar surface area (TPSA) is 24.2 Å². The number of aromatic nitrogens is 1. The van der Waals surface area contributed by atoms with Gasteiger partial charge in [0.2, 0.25) is 0 Å². The number of nitrogens with zero attached hydrogens (tertiary/aromatic N) is 2. The van der Waals surface area contributed by atoms with Gasteiger partial charge in [0.25, 0.3) is 0 Å². The van der Waals surface area contributed by atoms with Crippen LogP contribution in [0, 0.1) is 0 Å². The molecule has 1 heterocycles. The van der Waals surface area contributed by atoms with Gasteiger partial charge in [0.1, 0.15) is 0 Å². The van der Waals surface area contributed by atoms with Crippen LogP contribution in [0.15, 0.2) is 54.9 Å². The van der Waals surface area contributed by atoms with E-state index in [0.717, 1.165) is 5.69 Å². The van der Waals surface area contributed by atoms with Crippen LogP contribution in [0.3, 0.4) is 0 Å². The van der Waals surface area contributed by atoms with Crippen molar-refractivity contribution in [2.45, 2.75) is 0 Å². The summed E-state index contributed by atoms with van der Waals surface area (Å²) in [5, 5.41) is 0.624. The van der Waals surface area contributed by atoms with E-state index in [-0.39, 0.29) is 18.2 Å². The number of rotatable bonds is 4. The maximum absolute atomic E-state index is 12.0. The summed E-state index contributed by atoms with van der Waals surface area (Å²) in [4.78, 5) is 14.0. The van der Waals surface area contributed by atoms with E-state index in [2.05, 4.69) is 0 Å². The lowest BCUT2D eigenvalue weighted by molar-refractivity contribution is -0.568. The van der Waals surface area contributed by atoms with E-state index in [1.165, 1.54) is 0 Å². The Morgan fingerprint density at radius 3 is 2.19 bits per heavy atom. The van der Waals surface area contributed by atoms with Crippen LogP contribution in [-0.4, -0.2) is 19.9 Å². The van der Waals surface area contributed by atoms with Gasteiger partial charge in [-0.25, -0.2) is 0 Å². The SMILES string of the molecule is CN(C)c1cc[n+](C=CC(=O)c2ccc(Cl)cc2)cc1.[Cl-]. The van der Waals surface area contributed by atoms with Crippen molar-refractivity contribution in [3.63, 3.8) is 0 Å². The minimum atomic E-state index is -0.0501. The zero-order valence-corrected chi connectivity index (χ0v) is 13.3. The molecule has 5 heteroatoms. The number of ketones is 1. The second-order valence-corrected chi connectivity index (χ2v) is 5.02. The highest BCUT2D eigenvalue weighted by Gasteiger charge is 2.04. The molecule has 2 rings (SSSR count). The molecule has 0 unspecified atom stereocenters.